The van der Waals surface area contributed by atoms with Gasteiger partial charge in [-0.25, -0.2) is 18.1 Å². The number of carbonyl (C=O) groups excluding carboxylic acids is 2. The molecule has 0 aromatic carbocycles. The second kappa shape index (κ2) is 9.10. The van der Waals surface area contributed by atoms with E-state index in [-0.39, 0.29) is 36.2 Å². The van der Waals surface area contributed by atoms with Crippen molar-refractivity contribution in [2.45, 2.75) is 56.5 Å². The molecule has 3 amide bonds. The lowest BCUT2D eigenvalue weighted by Crippen LogP contribution is -2.50. The Bertz CT molecular complexity index is 746. The number of morpholine rings is 1. The zero-order chi connectivity index (χ0) is 21.2. The number of hydrogen-bond acceptors (Lipinski definition) is 7. The number of amides is 3. The van der Waals surface area contributed by atoms with E-state index in [1.165, 1.54) is 4.90 Å². The maximum atomic E-state index is 13.2. The summed E-state index contributed by atoms with van der Waals surface area (Å²) in [6, 6.07) is -0.468. The van der Waals surface area contributed by atoms with E-state index in [2.05, 4.69) is 10.2 Å². The van der Waals surface area contributed by atoms with Gasteiger partial charge in [0, 0.05) is 25.7 Å². The van der Waals surface area contributed by atoms with Gasteiger partial charge in [0.05, 0.1) is 31.4 Å². The Morgan fingerprint density at radius 1 is 1.13 bits per heavy atom. The van der Waals surface area contributed by atoms with Gasteiger partial charge in [-0.3, -0.25) is 14.6 Å². The van der Waals surface area contributed by atoms with Crippen molar-refractivity contribution < 1.29 is 22.7 Å². The van der Waals surface area contributed by atoms with Crippen molar-refractivity contribution >= 4 is 21.8 Å². The summed E-state index contributed by atoms with van der Waals surface area (Å²) in [5.74, 6) is 0.160. The van der Waals surface area contributed by atoms with Crippen LogP contribution in [0.4, 0.5) is 4.79 Å². The predicted molar refractivity (Wildman–Crippen MR) is 112 cm³/mol. The summed E-state index contributed by atoms with van der Waals surface area (Å²) < 4.78 is 29.5. The molecule has 0 aromatic rings. The van der Waals surface area contributed by atoms with E-state index in [0.717, 1.165) is 58.5 Å². The smallest absolute Gasteiger partial charge is 0.326 e. The van der Waals surface area contributed by atoms with Crippen molar-refractivity contribution in [3.05, 3.63) is 0 Å². The molecule has 170 valence electrons. The van der Waals surface area contributed by atoms with Crippen LogP contribution in [0.2, 0.25) is 0 Å². The van der Waals surface area contributed by atoms with Crippen LogP contribution in [0.1, 0.15) is 44.9 Å². The molecule has 1 atom stereocenters. The average Bonchev–Trinajstić information content (AvgIpc) is 3.20. The summed E-state index contributed by atoms with van der Waals surface area (Å²) >= 11 is 0. The molecule has 3 aliphatic heterocycles. The fraction of sp³-hybridized carbons (Fsp3) is 0.900. The van der Waals surface area contributed by atoms with Crippen LogP contribution in [0.3, 0.4) is 0 Å². The molecule has 3 heterocycles. The van der Waals surface area contributed by atoms with Gasteiger partial charge >= 0.3 is 6.03 Å². The highest BCUT2D eigenvalue weighted by atomic mass is 32.2. The zero-order valence-corrected chi connectivity index (χ0v) is 18.5. The first-order valence-electron chi connectivity index (χ1n) is 11.3. The fourth-order valence-electron chi connectivity index (χ4n) is 5.23. The minimum absolute atomic E-state index is 0.110. The van der Waals surface area contributed by atoms with E-state index >= 15 is 0 Å². The summed E-state index contributed by atoms with van der Waals surface area (Å²) in [6.07, 6.45) is 5.82. The molecule has 1 spiro atoms. The molecule has 4 rings (SSSR count). The van der Waals surface area contributed by atoms with E-state index in [1.54, 1.807) is 0 Å². The number of nitrogens with zero attached hydrogens (tertiary/aromatic N) is 3. The van der Waals surface area contributed by atoms with Crippen LogP contribution in [-0.2, 0) is 19.4 Å². The third kappa shape index (κ3) is 4.81. The number of sulfone groups is 1. The van der Waals surface area contributed by atoms with Gasteiger partial charge in [-0.1, -0.05) is 19.3 Å². The highest BCUT2D eigenvalue weighted by Crippen LogP contribution is 2.34. The van der Waals surface area contributed by atoms with E-state index < -0.39 is 15.4 Å². The third-order valence-electron chi connectivity index (χ3n) is 7.02. The molecule has 3 saturated heterocycles. The molecule has 1 saturated carbocycles. The first-order chi connectivity index (χ1) is 14.4. The van der Waals surface area contributed by atoms with E-state index in [9.17, 15) is 18.0 Å². The van der Waals surface area contributed by atoms with Crippen molar-refractivity contribution in [1.82, 2.24) is 20.0 Å². The van der Waals surface area contributed by atoms with Gasteiger partial charge < -0.3 is 10.1 Å². The maximum absolute atomic E-state index is 13.2. The quantitative estimate of drug-likeness (QED) is 0.570. The predicted octanol–water partition coefficient (Wildman–Crippen LogP) is 0.410. The summed E-state index contributed by atoms with van der Waals surface area (Å²) in [5, 5.41) is 2.96. The number of hydrogen-bond donors (Lipinski definition) is 1. The molecule has 1 N–H and O–H groups in total. The van der Waals surface area contributed by atoms with E-state index in [4.69, 9.17) is 4.74 Å². The number of rotatable bonds is 7. The first kappa shape index (κ1) is 22.0. The fourth-order valence-corrected chi connectivity index (χ4v) is 7.00. The number of urea groups is 1. The SMILES string of the molecule is O=C1NC2(CCCCC2)C(=O)N1CN(CCCN1CCOCC1)C1CCS(=O)(=O)C1. The monoisotopic (exact) mass is 442 g/mol. The van der Waals surface area contributed by atoms with Crippen LogP contribution in [0.5, 0.6) is 0 Å². The van der Waals surface area contributed by atoms with Crippen molar-refractivity contribution in [1.29, 1.82) is 0 Å². The van der Waals surface area contributed by atoms with Crippen LogP contribution in [0.15, 0.2) is 0 Å². The molecule has 0 aromatic heterocycles. The summed E-state index contributed by atoms with van der Waals surface area (Å²) in [4.78, 5) is 31.6. The number of imide groups is 1. The molecule has 4 fully saturated rings. The average molecular weight is 443 g/mol. The van der Waals surface area contributed by atoms with Crippen LogP contribution in [-0.4, -0.2) is 104 Å². The summed E-state index contributed by atoms with van der Waals surface area (Å²) in [5.41, 5.74) is -0.740. The summed E-state index contributed by atoms with van der Waals surface area (Å²) in [7, 11) is -3.05. The lowest BCUT2D eigenvalue weighted by molar-refractivity contribution is -0.134. The van der Waals surface area contributed by atoms with E-state index in [0.29, 0.717) is 25.8 Å². The molecule has 4 aliphatic rings. The van der Waals surface area contributed by atoms with Gasteiger partial charge in [0.2, 0.25) is 0 Å². The maximum Gasteiger partial charge on any atom is 0.326 e. The van der Waals surface area contributed by atoms with Crippen molar-refractivity contribution in [2.24, 2.45) is 0 Å². The topological polar surface area (TPSA) is 99.3 Å². The lowest BCUT2D eigenvalue weighted by Gasteiger charge is -2.34. The number of ether oxygens (including phenoxy) is 1. The third-order valence-corrected chi connectivity index (χ3v) is 8.77. The Labute approximate surface area is 179 Å². The molecule has 30 heavy (non-hydrogen) atoms. The normalized spacial score (nSPS) is 29.1. The molecular weight excluding hydrogens is 408 g/mol. The number of nitrogens with one attached hydrogen (secondary N) is 1. The number of carbonyl (C=O) groups is 2. The zero-order valence-electron chi connectivity index (χ0n) is 17.7. The van der Waals surface area contributed by atoms with Crippen LogP contribution in [0, 0.1) is 0 Å². The van der Waals surface area contributed by atoms with Gasteiger partial charge in [-0.15, -0.1) is 0 Å². The van der Waals surface area contributed by atoms with Gasteiger partial charge in [-0.05, 0) is 32.2 Å². The van der Waals surface area contributed by atoms with Crippen molar-refractivity contribution in [3.63, 3.8) is 0 Å². The molecule has 0 bridgehead atoms. The van der Waals surface area contributed by atoms with Gasteiger partial charge in [0.1, 0.15) is 5.54 Å². The Morgan fingerprint density at radius 2 is 1.87 bits per heavy atom. The van der Waals surface area contributed by atoms with Crippen molar-refractivity contribution in [2.75, 3.05) is 57.6 Å². The Balaban J connectivity index is 1.41. The molecule has 10 heteroatoms. The molecule has 9 nitrogen and oxygen atoms in total. The lowest BCUT2D eigenvalue weighted by atomic mass is 9.82. The summed E-state index contributed by atoms with van der Waals surface area (Å²) in [6.45, 7) is 5.06. The molecule has 1 aliphatic carbocycles. The second-order valence-electron chi connectivity index (χ2n) is 9.12. The van der Waals surface area contributed by atoms with Crippen molar-refractivity contribution in [3.8, 4) is 0 Å². The largest absolute Gasteiger partial charge is 0.379 e. The van der Waals surface area contributed by atoms with Crippen LogP contribution >= 0.6 is 0 Å². The Kier molecular flexibility index (Phi) is 6.67. The minimum Gasteiger partial charge on any atom is -0.379 e. The molecular formula is C20H34N4O5S. The molecule has 1 unspecified atom stereocenters. The van der Waals surface area contributed by atoms with E-state index in [1.807, 2.05) is 4.90 Å². The van der Waals surface area contributed by atoms with Gasteiger partial charge in [0.15, 0.2) is 9.84 Å². The first-order valence-corrected chi connectivity index (χ1v) is 13.1. The van der Waals surface area contributed by atoms with Crippen LogP contribution < -0.4 is 5.32 Å². The minimum atomic E-state index is -3.05. The van der Waals surface area contributed by atoms with Crippen LogP contribution in [0.25, 0.3) is 0 Å². The second-order valence-corrected chi connectivity index (χ2v) is 11.4. The van der Waals surface area contributed by atoms with Gasteiger partial charge in [-0.2, -0.15) is 0 Å². The Hall–Kier alpha value is -1.23. The Morgan fingerprint density at radius 3 is 2.53 bits per heavy atom. The standard InChI is InChI=1S/C20H34N4O5S/c25-18-20(6-2-1-3-7-20)21-19(26)24(18)16-23(17-5-14-30(27,28)15-17)9-4-8-22-10-12-29-13-11-22/h17H,1-16H2,(H,21,26). The highest BCUT2D eigenvalue weighted by molar-refractivity contribution is 7.91. The highest BCUT2D eigenvalue weighted by Gasteiger charge is 2.52. The van der Waals surface area contributed by atoms with Gasteiger partial charge in [0.25, 0.3) is 5.91 Å². The molecule has 0 radical (unpaired) electrons.